The molecule has 0 fully saturated rings. The molecule has 3 aromatic rings. The molecule has 0 bridgehead atoms. The average molecular weight is 847 g/mol. The number of aryl methyl sites for hydroxylation is 1. The van der Waals surface area contributed by atoms with Crippen LogP contribution < -0.4 is 9.62 Å². The lowest BCUT2D eigenvalue weighted by molar-refractivity contribution is -0.120. The summed E-state index contributed by atoms with van der Waals surface area (Å²) in [6, 6.07) is 20.9. The van der Waals surface area contributed by atoms with Crippen LogP contribution in [0.3, 0.4) is 0 Å². The number of azo groups is 1. The number of anilines is 1. The molecule has 3 rings (SSSR count). The predicted molar refractivity (Wildman–Crippen MR) is 224 cm³/mol. The van der Waals surface area contributed by atoms with E-state index in [2.05, 4.69) is 15.0 Å². The number of sulfonamides is 1. The summed E-state index contributed by atoms with van der Waals surface area (Å²) in [5.74, 6) is 0.429. The molecule has 0 saturated carbocycles. The monoisotopic (exact) mass is 846 g/mol. The van der Waals surface area contributed by atoms with Gasteiger partial charge in [0, 0.05) is 39.2 Å². The fourth-order valence-corrected chi connectivity index (χ4v) is 6.07. The maximum absolute atomic E-state index is 12.6. The van der Waals surface area contributed by atoms with Gasteiger partial charge in [0.2, 0.25) is 10.0 Å². The summed E-state index contributed by atoms with van der Waals surface area (Å²) in [5, 5.41) is 17.7. The highest BCUT2D eigenvalue weighted by atomic mass is 32.2. The molecular weight excluding hydrogens is 785 g/mol. The molecule has 0 unspecified atom stereocenters. The lowest BCUT2D eigenvalue weighted by atomic mass is 10.1. The van der Waals surface area contributed by atoms with Gasteiger partial charge in [-0.3, -0.25) is 4.79 Å². The maximum atomic E-state index is 12.6. The van der Waals surface area contributed by atoms with E-state index in [4.69, 9.17) is 37.9 Å². The number of aromatic hydroxyl groups is 1. The van der Waals surface area contributed by atoms with Crippen molar-refractivity contribution in [3.63, 3.8) is 0 Å². The van der Waals surface area contributed by atoms with Crippen molar-refractivity contribution in [3.8, 4) is 5.75 Å². The molecule has 0 atom stereocenters. The van der Waals surface area contributed by atoms with Crippen LogP contribution >= 0.6 is 0 Å². The van der Waals surface area contributed by atoms with E-state index in [1.54, 1.807) is 24.3 Å². The Morgan fingerprint density at radius 2 is 0.966 bits per heavy atom. The second kappa shape index (κ2) is 31.1. The van der Waals surface area contributed by atoms with Gasteiger partial charge in [-0.2, -0.15) is 10.2 Å². The molecule has 0 saturated heterocycles. The zero-order chi connectivity index (χ0) is 42.2. The van der Waals surface area contributed by atoms with Crippen molar-refractivity contribution >= 4 is 32.9 Å². The van der Waals surface area contributed by atoms with Gasteiger partial charge in [0.15, 0.2) is 0 Å². The fourth-order valence-electron chi connectivity index (χ4n) is 5.06. The van der Waals surface area contributed by atoms with E-state index in [9.17, 15) is 18.3 Å². The van der Waals surface area contributed by atoms with Crippen molar-refractivity contribution in [1.29, 1.82) is 0 Å². The predicted octanol–water partition coefficient (Wildman–Crippen LogP) is 5.27. The molecule has 0 aromatic heterocycles. The third-order valence-electron chi connectivity index (χ3n) is 8.32. The third-order valence-corrected chi connectivity index (χ3v) is 9.80. The van der Waals surface area contributed by atoms with Crippen LogP contribution in [0.1, 0.15) is 24.8 Å². The minimum atomic E-state index is -3.69. The quantitative estimate of drug-likeness (QED) is 0.0571. The normalized spacial score (nSPS) is 11.8. The van der Waals surface area contributed by atoms with Crippen LogP contribution in [-0.4, -0.2) is 146 Å². The van der Waals surface area contributed by atoms with E-state index in [1.807, 2.05) is 55.4 Å². The zero-order valence-electron chi connectivity index (χ0n) is 34.5. The molecule has 0 radical (unpaired) electrons. The van der Waals surface area contributed by atoms with E-state index in [0.29, 0.717) is 123 Å². The van der Waals surface area contributed by atoms with Crippen molar-refractivity contribution < 1.29 is 56.2 Å². The minimum Gasteiger partial charge on any atom is -0.508 e. The molecule has 0 spiro atoms. The molecule has 0 aliphatic carbocycles. The number of nitrogens with zero attached hydrogens (tertiary/aromatic N) is 3. The van der Waals surface area contributed by atoms with Gasteiger partial charge >= 0.3 is 0 Å². The number of Topliss-reactive ketones (excluding diaryl/α,β-unsaturated/α-hetero) is 1. The average Bonchev–Trinajstić information content (AvgIpc) is 3.23. The Balaban J connectivity index is 0.996. The summed E-state index contributed by atoms with van der Waals surface area (Å²) in [5.41, 5.74) is 3.41. The standard InChI is InChI=1S/C42H62N4O12S/c1-46(2)39-12-8-37(9-13-39)44-45-38-10-16-42(17-11-38)59(49,50)43-19-21-52-23-25-54-27-29-56-31-33-58-35-34-57-32-30-55-28-26-53-24-22-51-20-18-40(47)5-3-4-36-6-14-41(48)15-7-36/h6-17,43,48H,3-5,18-35H2,1-2H3. The Morgan fingerprint density at radius 1 is 0.559 bits per heavy atom. The van der Waals surface area contributed by atoms with Gasteiger partial charge in [-0.05, 0) is 79.1 Å². The van der Waals surface area contributed by atoms with Gasteiger partial charge in [0.25, 0.3) is 0 Å². The molecule has 328 valence electrons. The fraction of sp³-hybridized carbons (Fsp3) is 0.548. The molecule has 0 aliphatic rings. The molecule has 59 heavy (non-hydrogen) atoms. The molecule has 17 heteroatoms. The number of phenolic OH excluding ortho intramolecular Hbond substituents is 1. The first-order chi connectivity index (χ1) is 28.7. The number of hydrogen-bond acceptors (Lipinski definition) is 15. The van der Waals surface area contributed by atoms with Crippen LogP contribution in [0.15, 0.2) is 87.9 Å². The number of ketones is 1. The number of ether oxygens (including phenoxy) is 8. The Labute approximate surface area is 349 Å². The Hall–Kier alpha value is -3.88. The number of carbonyl (C=O) groups excluding carboxylic acids is 1. The van der Waals surface area contributed by atoms with Gasteiger partial charge in [0.05, 0.1) is 122 Å². The summed E-state index contributed by atoms with van der Waals surface area (Å²) in [6.45, 7) is 6.73. The van der Waals surface area contributed by atoms with E-state index < -0.39 is 10.0 Å². The van der Waals surface area contributed by atoms with Crippen molar-refractivity contribution in [2.45, 2.75) is 30.6 Å². The van der Waals surface area contributed by atoms with E-state index in [0.717, 1.165) is 24.1 Å². The SMILES string of the molecule is CN(C)c1ccc(N=Nc2ccc(S(=O)(=O)NCCOCCOCCOCCOCCOCCOCCOCCOCCC(=O)CCCc3ccc(O)cc3)cc2)cc1. The van der Waals surface area contributed by atoms with Crippen LogP contribution in [0.2, 0.25) is 0 Å². The number of phenols is 1. The number of carbonyl (C=O) groups is 1. The Kier molecular flexibility index (Phi) is 26.0. The molecule has 0 aliphatic heterocycles. The van der Waals surface area contributed by atoms with Crippen LogP contribution in [-0.2, 0) is 59.1 Å². The summed E-state index contributed by atoms with van der Waals surface area (Å²) >= 11 is 0. The largest absolute Gasteiger partial charge is 0.508 e. The Bertz CT molecular complexity index is 1660. The minimum absolute atomic E-state index is 0.126. The zero-order valence-corrected chi connectivity index (χ0v) is 35.3. The highest BCUT2D eigenvalue weighted by Crippen LogP contribution is 2.22. The van der Waals surface area contributed by atoms with Gasteiger partial charge in [-0.1, -0.05) is 12.1 Å². The maximum Gasteiger partial charge on any atom is 0.240 e. The van der Waals surface area contributed by atoms with E-state index >= 15 is 0 Å². The lowest BCUT2D eigenvalue weighted by Crippen LogP contribution is -2.27. The van der Waals surface area contributed by atoms with E-state index in [-0.39, 0.29) is 29.6 Å². The van der Waals surface area contributed by atoms with Crippen molar-refractivity contribution in [3.05, 3.63) is 78.4 Å². The van der Waals surface area contributed by atoms with Crippen molar-refractivity contribution in [1.82, 2.24) is 4.72 Å². The molecule has 0 heterocycles. The second-order valence-electron chi connectivity index (χ2n) is 13.2. The molecule has 16 nitrogen and oxygen atoms in total. The van der Waals surface area contributed by atoms with Gasteiger partial charge < -0.3 is 47.9 Å². The molecular formula is C42H62N4O12S. The Morgan fingerprint density at radius 3 is 1.41 bits per heavy atom. The summed E-state index contributed by atoms with van der Waals surface area (Å²) in [4.78, 5) is 14.1. The number of hydrogen-bond donors (Lipinski definition) is 2. The topological polar surface area (TPSA) is 185 Å². The van der Waals surface area contributed by atoms with Gasteiger partial charge in [0.1, 0.15) is 11.5 Å². The molecule has 3 aromatic carbocycles. The molecule has 2 N–H and O–H groups in total. The first-order valence-corrected chi connectivity index (χ1v) is 21.4. The smallest absolute Gasteiger partial charge is 0.240 e. The van der Waals surface area contributed by atoms with Crippen molar-refractivity contribution in [2.24, 2.45) is 10.2 Å². The van der Waals surface area contributed by atoms with Crippen LogP contribution in [0.4, 0.5) is 17.1 Å². The summed E-state index contributed by atoms with van der Waals surface area (Å²) < 4.78 is 71.6. The van der Waals surface area contributed by atoms with Crippen LogP contribution in [0.25, 0.3) is 0 Å². The number of nitrogens with one attached hydrogen (secondary N) is 1. The summed E-state index contributed by atoms with van der Waals surface area (Å²) in [6.07, 6.45) is 2.51. The number of benzene rings is 3. The van der Waals surface area contributed by atoms with Crippen LogP contribution in [0.5, 0.6) is 5.75 Å². The first-order valence-electron chi connectivity index (χ1n) is 19.9. The highest BCUT2D eigenvalue weighted by Gasteiger charge is 2.13. The highest BCUT2D eigenvalue weighted by molar-refractivity contribution is 7.89. The summed E-state index contributed by atoms with van der Waals surface area (Å²) in [7, 11) is 0.239. The third kappa shape index (κ3) is 24.1. The van der Waals surface area contributed by atoms with E-state index in [1.165, 1.54) is 12.1 Å². The van der Waals surface area contributed by atoms with Crippen molar-refractivity contribution in [2.75, 3.05) is 131 Å². The van der Waals surface area contributed by atoms with Gasteiger partial charge in [-0.15, -0.1) is 0 Å². The van der Waals surface area contributed by atoms with Crippen LogP contribution in [0, 0.1) is 0 Å². The lowest BCUT2D eigenvalue weighted by Gasteiger charge is -2.11. The second-order valence-corrected chi connectivity index (χ2v) is 15.0. The molecule has 0 amide bonds. The first kappa shape index (κ1) is 49.5. The number of rotatable bonds is 36. The van der Waals surface area contributed by atoms with Gasteiger partial charge in [-0.25, -0.2) is 13.1 Å².